The van der Waals surface area contributed by atoms with Gasteiger partial charge < -0.3 is 24.1 Å². The fourth-order valence-corrected chi connectivity index (χ4v) is 4.46. The Morgan fingerprint density at radius 3 is 2.43 bits per heavy atom. The first-order chi connectivity index (χ1) is 21.0. The number of amides is 1. The van der Waals surface area contributed by atoms with Gasteiger partial charge in [0.2, 0.25) is 6.79 Å². The number of fused-ring (bicyclic) bond motifs is 1. The van der Waals surface area contributed by atoms with Crippen LogP contribution in [0.5, 0.6) is 0 Å². The van der Waals surface area contributed by atoms with E-state index in [1.807, 2.05) is 19.9 Å². The Labute approximate surface area is 253 Å². The molecular formula is C29H33FN2O11P+. The first kappa shape index (κ1) is 34.3. The average molecular weight is 636 g/mol. The predicted octanol–water partition coefficient (Wildman–Crippen LogP) is 3.80. The van der Waals surface area contributed by atoms with Gasteiger partial charge in [0.05, 0.1) is 12.6 Å². The first-order valence-electron chi connectivity index (χ1n) is 13.5. The van der Waals surface area contributed by atoms with Crippen LogP contribution in [0.1, 0.15) is 43.6 Å². The molecule has 1 amide bonds. The van der Waals surface area contributed by atoms with Crippen molar-refractivity contribution in [3.8, 4) is 0 Å². The number of anilines is 1. The van der Waals surface area contributed by atoms with E-state index in [1.54, 1.807) is 18.2 Å². The van der Waals surface area contributed by atoms with Gasteiger partial charge >= 0.3 is 32.4 Å². The number of ether oxygens (including phenoxy) is 4. The Kier molecular flexibility index (Phi) is 12.5. The third-order valence-electron chi connectivity index (χ3n) is 6.19. The van der Waals surface area contributed by atoms with Crippen molar-refractivity contribution in [1.82, 2.24) is 5.32 Å². The van der Waals surface area contributed by atoms with E-state index < -0.39 is 63.6 Å². The van der Waals surface area contributed by atoms with Crippen LogP contribution in [0, 0.1) is 5.82 Å². The molecule has 0 aliphatic rings. The number of hydrogen-bond donors (Lipinski definition) is 1. The number of esters is 2. The van der Waals surface area contributed by atoms with Gasteiger partial charge in [-0.2, -0.15) is 0 Å². The van der Waals surface area contributed by atoms with Gasteiger partial charge in [-0.25, -0.2) is 9.18 Å². The molecule has 0 aliphatic heterocycles. The van der Waals surface area contributed by atoms with Gasteiger partial charge in [-0.3, -0.25) is 23.9 Å². The molecule has 15 heteroatoms. The number of carbonyl (C=O) groups excluding carboxylic acids is 3. The van der Waals surface area contributed by atoms with Crippen molar-refractivity contribution in [3.63, 3.8) is 0 Å². The molecule has 44 heavy (non-hydrogen) atoms. The monoisotopic (exact) mass is 635 g/mol. The fourth-order valence-electron chi connectivity index (χ4n) is 4.20. The lowest BCUT2D eigenvalue weighted by Gasteiger charge is -2.27. The molecule has 1 aromatic heterocycles. The maximum absolute atomic E-state index is 13.9. The lowest BCUT2D eigenvalue weighted by molar-refractivity contribution is -0.462. The van der Waals surface area contributed by atoms with E-state index in [0.717, 1.165) is 32.6 Å². The standard InChI is InChI=1S/C29H32FN2O11P/c1-5-32(6-2)24-11-10-21-14-25(28(36)41-26(21)15-24)27(35)31-23(13-20-8-7-9-22(30)12-20)16-39-29(43-44-37,42-19(4)34)40-17-38-18(3)33/h7-12,14-15,23,44H,5-6,13,16-17H2,1-4H3/p+1. The molecule has 3 unspecified atom stereocenters. The molecule has 0 bridgehead atoms. The molecule has 0 aliphatic carbocycles. The summed E-state index contributed by atoms with van der Waals surface area (Å²) in [7, 11) is -1.56. The third kappa shape index (κ3) is 9.64. The van der Waals surface area contributed by atoms with Crippen LogP contribution in [0.2, 0.25) is 0 Å². The quantitative estimate of drug-likeness (QED) is 0.105. The summed E-state index contributed by atoms with van der Waals surface area (Å²) >= 11 is 0. The van der Waals surface area contributed by atoms with Crippen molar-refractivity contribution in [3.05, 3.63) is 75.9 Å². The number of carbonyl (C=O) groups is 3. The van der Waals surface area contributed by atoms with Gasteiger partial charge in [0.1, 0.15) is 17.0 Å². The van der Waals surface area contributed by atoms with E-state index in [4.69, 9.17) is 23.2 Å². The van der Waals surface area contributed by atoms with E-state index in [9.17, 15) is 28.1 Å². The lowest BCUT2D eigenvalue weighted by Crippen LogP contribution is -2.48. The number of rotatable bonds is 16. The highest BCUT2D eigenvalue weighted by Crippen LogP contribution is 2.25. The largest absolute Gasteiger partial charge is 0.508 e. The molecule has 0 saturated heterocycles. The van der Waals surface area contributed by atoms with Crippen molar-refractivity contribution in [2.75, 3.05) is 31.4 Å². The smallest absolute Gasteiger partial charge is 0.438 e. The van der Waals surface area contributed by atoms with Gasteiger partial charge in [0, 0.05) is 44.1 Å². The Morgan fingerprint density at radius 1 is 1.05 bits per heavy atom. The van der Waals surface area contributed by atoms with E-state index in [1.165, 1.54) is 24.3 Å². The summed E-state index contributed by atoms with van der Waals surface area (Å²) in [5, 5.41) is 3.13. The fraction of sp³-hybridized carbons (Fsp3) is 0.379. The number of nitrogens with one attached hydrogen (secondary N) is 1. The molecule has 3 rings (SSSR count). The highest BCUT2D eigenvalue weighted by Gasteiger charge is 2.45. The summed E-state index contributed by atoms with van der Waals surface area (Å²) in [5.74, 6) is -3.11. The minimum Gasteiger partial charge on any atom is -0.438 e. The van der Waals surface area contributed by atoms with Crippen LogP contribution in [-0.2, 0) is 44.0 Å². The molecule has 3 aromatic rings. The maximum atomic E-state index is 13.9. The topological polar surface area (TPSA) is 160 Å². The molecule has 0 saturated carbocycles. The lowest BCUT2D eigenvalue weighted by atomic mass is 10.1. The minimum absolute atomic E-state index is 0.0462. The summed E-state index contributed by atoms with van der Waals surface area (Å²) in [6, 6.07) is 11.1. The van der Waals surface area contributed by atoms with Crippen molar-refractivity contribution >= 4 is 43.2 Å². The third-order valence-corrected chi connectivity index (χ3v) is 6.53. The molecule has 1 heterocycles. The zero-order chi connectivity index (χ0) is 32.3. The van der Waals surface area contributed by atoms with E-state index in [2.05, 4.69) is 15.0 Å². The molecule has 1 N–H and O–H groups in total. The van der Waals surface area contributed by atoms with Crippen LogP contribution >= 0.6 is 8.69 Å². The van der Waals surface area contributed by atoms with E-state index in [0.29, 0.717) is 16.5 Å². The molecule has 236 valence electrons. The van der Waals surface area contributed by atoms with Crippen molar-refractivity contribution in [2.45, 2.75) is 46.3 Å². The summed E-state index contributed by atoms with van der Waals surface area (Å²) in [6.45, 7) is 6.19. The summed E-state index contributed by atoms with van der Waals surface area (Å²) in [5.41, 5.74) is 0.364. The van der Waals surface area contributed by atoms with Gasteiger partial charge in [0.25, 0.3) is 5.91 Å². The van der Waals surface area contributed by atoms with Gasteiger partial charge in [0.15, 0.2) is 0 Å². The molecular weight excluding hydrogens is 602 g/mol. The van der Waals surface area contributed by atoms with Crippen LogP contribution in [-0.4, -0.2) is 56.5 Å². The van der Waals surface area contributed by atoms with E-state index >= 15 is 0 Å². The van der Waals surface area contributed by atoms with E-state index in [-0.39, 0.29) is 12.0 Å². The normalized spacial score (nSPS) is 13.2. The molecule has 0 radical (unpaired) electrons. The van der Waals surface area contributed by atoms with Crippen LogP contribution < -0.4 is 15.8 Å². The number of benzene rings is 2. The second kappa shape index (κ2) is 16.0. The SMILES string of the molecule is CCN(CC)c1ccc2cc(C(=O)NC(COC(OCOC(C)=O)(O[PH+]=O)OC(C)=O)Cc3cccc(F)c3)c(=O)oc2c1. The number of hydrogen-bond acceptors (Lipinski definition) is 12. The summed E-state index contributed by atoms with van der Waals surface area (Å²) in [6.07, 6.45) is -2.79. The van der Waals surface area contributed by atoms with Gasteiger partial charge in [-0.15, -0.1) is 0 Å². The summed E-state index contributed by atoms with van der Waals surface area (Å²) < 4.78 is 56.0. The molecule has 0 spiro atoms. The predicted molar refractivity (Wildman–Crippen MR) is 156 cm³/mol. The minimum atomic E-state index is -2.74. The molecule has 2 aromatic carbocycles. The van der Waals surface area contributed by atoms with Gasteiger partial charge in [-0.05, 0) is 65.3 Å². The van der Waals surface area contributed by atoms with Crippen molar-refractivity contribution in [1.29, 1.82) is 0 Å². The first-order valence-corrected chi connectivity index (χ1v) is 14.3. The van der Waals surface area contributed by atoms with Crippen LogP contribution in [0.3, 0.4) is 0 Å². The molecule has 13 nitrogen and oxygen atoms in total. The summed E-state index contributed by atoms with van der Waals surface area (Å²) in [4.78, 5) is 51.3. The Balaban J connectivity index is 1.91. The Bertz CT molecular complexity index is 1550. The second-order valence-electron chi connectivity index (χ2n) is 9.33. The average Bonchev–Trinajstić information content (AvgIpc) is 2.95. The van der Waals surface area contributed by atoms with Crippen LogP contribution in [0.4, 0.5) is 10.1 Å². The van der Waals surface area contributed by atoms with Gasteiger partial charge in [-0.1, -0.05) is 12.1 Å². The Hall–Kier alpha value is -4.23. The second-order valence-corrected chi connectivity index (χ2v) is 9.71. The van der Waals surface area contributed by atoms with Crippen molar-refractivity contribution in [2.24, 2.45) is 0 Å². The van der Waals surface area contributed by atoms with Crippen molar-refractivity contribution < 1.29 is 51.2 Å². The maximum Gasteiger partial charge on any atom is 0.508 e. The van der Waals surface area contributed by atoms with Crippen LogP contribution in [0.15, 0.2) is 57.7 Å². The zero-order valence-electron chi connectivity index (χ0n) is 24.5. The number of nitrogens with zero attached hydrogens (tertiary/aromatic N) is 1. The Morgan fingerprint density at radius 2 is 1.80 bits per heavy atom. The highest BCUT2D eigenvalue weighted by molar-refractivity contribution is 7.17. The molecule has 0 fully saturated rings. The highest BCUT2D eigenvalue weighted by atomic mass is 31.1. The zero-order valence-corrected chi connectivity index (χ0v) is 25.5. The number of halogens is 1. The van der Waals surface area contributed by atoms with Crippen LogP contribution in [0.25, 0.3) is 11.0 Å². The molecule has 3 atom stereocenters.